The van der Waals surface area contributed by atoms with Gasteiger partial charge in [0.1, 0.15) is 0 Å². The lowest BCUT2D eigenvalue weighted by Gasteiger charge is -2.35. The van der Waals surface area contributed by atoms with Crippen molar-refractivity contribution in [3.05, 3.63) is 34.3 Å². The number of hydrogen-bond donors (Lipinski definition) is 1. The maximum atomic E-state index is 12.6. The fourth-order valence-corrected chi connectivity index (χ4v) is 3.08. The number of carbonyl (C=O) groups is 1. The second-order valence-corrected chi connectivity index (χ2v) is 5.68. The summed E-state index contributed by atoms with van der Waals surface area (Å²) in [5.41, 5.74) is 7.36. The SMILES string of the molecule is Cc1cc(Cl)cc(C(=O)N2CCCCC2CCN)c1.Cl. The Morgan fingerprint density at radius 3 is 2.80 bits per heavy atom. The van der Waals surface area contributed by atoms with E-state index in [0.29, 0.717) is 17.1 Å². The average Bonchev–Trinajstić information content (AvgIpc) is 2.38. The van der Waals surface area contributed by atoms with E-state index in [9.17, 15) is 4.79 Å². The maximum Gasteiger partial charge on any atom is 0.254 e. The molecule has 20 heavy (non-hydrogen) atoms. The van der Waals surface area contributed by atoms with E-state index in [-0.39, 0.29) is 24.4 Å². The Bertz CT molecular complexity index is 443. The van der Waals surface area contributed by atoms with Crippen LogP contribution in [-0.2, 0) is 0 Å². The molecule has 1 aliphatic rings. The molecule has 1 aromatic carbocycles. The number of nitrogens with zero attached hydrogens (tertiary/aromatic N) is 1. The molecule has 0 radical (unpaired) electrons. The fourth-order valence-electron chi connectivity index (χ4n) is 2.79. The summed E-state index contributed by atoms with van der Waals surface area (Å²) in [6.07, 6.45) is 4.20. The second kappa shape index (κ2) is 7.87. The zero-order valence-corrected chi connectivity index (χ0v) is 13.3. The van der Waals surface area contributed by atoms with Crippen molar-refractivity contribution in [3.8, 4) is 0 Å². The van der Waals surface area contributed by atoms with E-state index in [2.05, 4.69) is 0 Å². The van der Waals surface area contributed by atoms with Gasteiger partial charge in [-0.1, -0.05) is 11.6 Å². The van der Waals surface area contributed by atoms with Crippen molar-refractivity contribution in [2.45, 2.75) is 38.6 Å². The molecule has 1 aromatic rings. The zero-order chi connectivity index (χ0) is 13.8. The first kappa shape index (κ1) is 17.3. The van der Waals surface area contributed by atoms with Crippen LogP contribution in [0.5, 0.6) is 0 Å². The lowest BCUT2D eigenvalue weighted by molar-refractivity contribution is 0.0605. The molecule has 1 saturated heterocycles. The monoisotopic (exact) mass is 316 g/mol. The molecule has 1 atom stereocenters. The number of likely N-dealkylation sites (tertiary alicyclic amines) is 1. The van der Waals surface area contributed by atoms with Gasteiger partial charge in [-0.25, -0.2) is 0 Å². The van der Waals surface area contributed by atoms with E-state index >= 15 is 0 Å². The predicted molar refractivity (Wildman–Crippen MR) is 85.8 cm³/mol. The highest BCUT2D eigenvalue weighted by molar-refractivity contribution is 6.31. The van der Waals surface area contributed by atoms with Crippen molar-refractivity contribution in [2.24, 2.45) is 5.73 Å². The minimum absolute atomic E-state index is 0. The first-order valence-electron chi connectivity index (χ1n) is 6.90. The van der Waals surface area contributed by atoms with Gasteiger partial charge in [0.05, 0.1) is 0 Å². The average molecular weight is 317 g/mol. The first-order valence-corrected chi connectivity index (χ1v) is 7.28. The number of nitrogens with two attached hydrogens (primary N) is 1. The van der Waals surface area contributed by atoms with Crippen LogP contribution in [0.3, 0.4) is 0 Å². The zero-order valence-electron chi connectivity index (χ0n) is 11.8. The molecule has 3 nitrogen and oxygen atoms in total. The van der Waals surface area contributed by atoms with Crippen LogP contribution in [0.4, 0.5) is 0 Å². The third kappa shape index (κ3) is 4.11. The third-order valence-electron chi connectivity index (χ3n) is 3.68. The molecule has 0 aliphatic carbocycles. The Kier molecular flexibility index (Phi) is 6.80. The van der Waals surface area contributed by atoms with Gasteiger partial charge in [-0.05, 0) is 62.9 Å². The highest BCUT2D eigenvalue weighted by Crippen LogP contribution is 2.23. The number of carbonyl (C=O) groups excluding carboxylic acids is 1. The first-order chi connectivity index (χ1) is 9.11. The lowest BCUT2D eigenvalue weighted by Crippen LogP contribution is -2.44. The van der Waals surface area contributed by atoms with Crippen LogP contribution >= 0.6 is 24.0 Å². The molecule has 2 N–H and O–H groups in total. The summed E-state index contributed by atoms with van der Waals surface area (Å²) in [5, 5.41) is 0.621. The largest absolute Gasteiger partial charge is 0.336 e. The summed E-state index contributed by atoms with van der Waals surface area (Å²) in [6.45, 7) is 3.41. The van der Waals surface area contributed by atoms with Crippen molar-refractivity contribution >= 4 is 29.9 Å². The molecule has 1 aliphatic heterocycles. The van der Waals surface area contributed by atoms with Crippen LogP contribution < -0.4 is 5.73 Å². The maximum absolute atomic E-state index is 12.6. The van der Waals surface area contributed by atoms with Gasteiger partial charge in [-0.15, -0.1) is 12.4 Å². The molecule has 0 aromatic heterocycles. The van der Waals surface area contributed by atoms with E-state index < -0.39 is 0 Å². The van der Waals surface area contributed by atoms with Gasteiger partial charge in [0.2, 0.25) is 0 Å². The van der Waals surface area contributed by atoms with Crippen molar-refractivity contribution in [1.29, 1.82) is 0 Å². The van der Waals surface area contributed by atoms with Gasteiger partial charge in [-0.3, -0.25) is 4.79 Å². The molecule has 1 heterocycles. The molecule has 5 heteroatoms. The molecular weight excluding hydrogens is 295 g/mol. The number of halogens is 2. The summed E-state index contributed by atoms with van der Waals surface area (Å²) in [7, 11) is 0. The van der Waals surface area contributed by atoms with Gasteiger partial charge in [0.15, 0.2) is 0 Å². The topological polar surface area (TPSA) is 46.3 Å². The highest BCUT2D eigenvalue weighted by atomic mass is 35.5. The normalized spacial score (nSPS) is 18.6. The third-order valence-corrected chi connectivity index (χ3v) is 3.90. The molecule has 0 spiro atoms. The van der Waals surface area contributed by atoms with E-state index in [1.807, 2.05) is 24.0 Å². The molecule has 1 amide bonds. The van der Waals surface area contributed by atoms with Crippen LogP contribution in [0.15, 0.2) is 18.2 Å². The van der Waals surface area contributed by atoms with Crippen molar-refractivity contribution in [2.75, 3.05) is 13.1 Å². The Morgan fingerprint density at radius 2 is 2.15 bits per heavy atom. The van der Waals surface area contributed by atoms with Crippen molar-refractivity contribution in [1.82, 2.24) is 4.90 Å². The quantitative estimate of drug-likeness (QED) is 0.928. The smallest absolute Gasteiger partial charge is 0.254 e. The number of hydrogen-bond acceptors (Lipinski definition) is 2. The van der Waals surface area contributed by atoms with Crippen LogP contribution in [0.1, 0.15) is 41.6 Å². The van der Waals surface area contributed by atoms with E-state index in [4.69, 9.17) is 17.3 Å². The van der Waals surface area contributed by atoms with Crippen LogP contribution in [0, 0.1) is 6.92 Å². The standard InChI is InChI=1S/C15H21ClN2O.ClH/c1-11-8-12(10-13(16)9-11)15(19)18-7-3-2-4-14(18)5-6-17;/h8-10,14H,2-7,17H2,1H3;1H. The molecule has 2 rings (SSSR count). The summed E-state index contributed by atoms with van der Waals surface area (Å²) in [5.74, 6) is 0.0868. The van der Waals surface area contributed by atoms with Gasteiger partial charge in [-0.2, -0.15) is 0 Å². The predicted octanol–water partition coefficient (Wildman–Crippen LogP) is 3.41. The van der Waals surface area contributed by atoms with Crippen LogP contribution in [-0.4, -0.2) is 29.9 Å². The lowest BCUT2D eigenvalue weighted by atomic mass is 9.98. The number of aryl methyl sites for hydroxylation is 1. The Balaban J connectivity index is 0.00000200. The van der Waals surface area contributed by atoms with Crippen LogP contribution in [0.2, 0.25) is 5.02 Å². The van der Waals surface area contributed by atoms with E-state index in [0.717, 1.165) is 31.4 Å². The highest BCUT2D eigenvalue weighted by Gasteiger charge is 2.26. The Morgan fingerprint density at radius 1 is 1.40 bits per heavy atom. The van der Waals surface area contributed by atoms with E-state index in [1.54, 1.807) is 6.07 Å². The van der Waals surface area contributed by atoms with Gasteiger partial charge in [0, 0.05) is 23.2 Å². The molecule has 1 unspecified atom stereocenters. The summed E-state index contributed by atoms with van der Waals surface area (Å²) in [4.78, 5) is 14.6. The summed E-state index contributed by atoms with van der Waals surface area (Å²) in [6, 6.07) is 5.81. The van der Waals surface area contributed by atoms with E-state index in [1.165, 1.54) is 6.42 Å². The molecule has 1 fully saturated rings. The van der Waals surface area contributed by atoms with Gasteiger partial charge < -0.3 is 10.6 Å². The summed E-state index contributed by atoms with van der Waals surface area (Å²) >= 11 is 6.04. The number of piperidine rings is 1. The van der Waals surface area contributed by atoms with Crippen molar-refractivity contribution < 1.29 is 4.79 Å². The Labute approximate surface area is 131 Å². The molecule has 112 valence electrons. The van der Waals surface area contributed by atoms with Gasteiger partial charge >= 0.3 is 0 Å². The molecule has 0 saturated carbocycles. The Hall–Kier alpha value is -0.770. The minimum atomic E-state index is 0. The summed E-state index contributed by atoms with van der Waals surface area (Å²) < 4.78 is 0. The number of rotatable bonds is 3. The number of benzene rings is 1. The fraction of sp³-hybridized carbons (Fsp3) is 0.533. The van der Waals surface area contributed by atoms with Crippen LogP contribution in [0.25, 0.3) is 0 Å². The van der Waals surface area contributed by atoms with Crippen molar-refractivity contribution in [3.63, 3.8) is 0 Å². The minimum Gasteiger partial charge on any atom is -0.336 e. The number of amides is 1. The second-order valence-electron chi connectivity index (χ2n) is 5.24. The molecule has 0 bridgehead atoms. The molecular formula is C15H22Cl2N2O. The van der Waals surface area contributed by atoms with Gasteiger partial charge in [0.25, 0.3) is 5.91 Å².